The third-order valence-electron chi connectivity index (χ3n) is 4.30. The molecule has 2 rings (SSSR count). The van der Waals surface area contributed by atoms with E-state index in [2.05, 4.69) is 17.1 Å². The lowest BCUT2D eigenvalue weighted by atomic mass is 9.96. The maximum absolute atomic E-state index is 13.1. The van der Waals surface area contributed by atoms with Gasteiger partial charge in [0.15, 0.2) is 0 Å². The molecule has 0 radical (unpaired) electrons. The summed E-state index contributed by atoms with van der Waals surface area (Å²) in [4.78, 5) is 14.6. The van der Waals surface area contributed by atoms with Gasteiger partial charge in [-0.2, -0.15) is 0 Å². The largest absolute Gasteiger partial charge is 0.376 e. The summed E-state index contributed by atoms with van der Waals surface area (Å²) in [7, 11) is 0. The predicted molar refractivity (Wildman–Crippen MR) is 88.6 cm³/mol. The second kappa shape index (κ2) is 7.88. The summed E-state index contributed by atoms with van der Waals surface area (Å²) in [5.41, 5.74) is 0.929. The van der Waals surface area contributed by atoms with Gasteiger partial charge in [0.1, 0.15) is 5.82 Å². The molecule has 0 saturated carbocycles. The number of hydrogen-bond acceptors (Lipinski definition) is 3. The van der Waals surface area contributed by atoms with Crippen molar-refractivity contribution in [3.05, 3.63) is 35.6 Å². The highest BCUT2D eigenvalue weighted by Gasteiger charge is 2.26. The normalized spacial score (nSPS) is 23.7. The number of rotatable bonds is 5. The molecular weight excluding hydrogens is 295 g/mol. The summed E-state index contributed by atoms with van der Waals surface area (Å²) >= 11 is 0. The predicted octanol–water partition coefficient (Wildman–Crippen LogP) is 2.75. The van der Waals surface area contributed by atoms with Gasteiger partial charge in [0.05, 0.1) is 25.3 Å². The second-order valence-electron chi connectivity index (χ2n) is 6.76. The van der Waals surface area contributed by atoms with Crippen LogP contribution in [-0.4, -0.2) is 42.6 Å². The molecule has 1 aliphatic rings. The van der Waals surface area contributed by atoms with Crippen LogP contribution in [-0.2, 0) is 9.53 Å². The van der Waals surface area contributed by atoms with Crippen LogP contribution in [0, 0.1) is 11.7 Å². The van der Waals surface area contributed by atoms with Gasteiger partial charge in [0.25, 0.3) is 0 Å². The van der Waals surface area contributed by atoms with Crippen LogP contribution >= 0.6 is 0 Å². The van der Waals surface area contributed by atoms with Crippen LogP contribution in [0.3, 0.4) is 0 Å². The van der Waals surface area contributed by atoms with Crippen molar-refractivity contribution < 1.29 is 13.9 Å². The number of carbonyl (C=O) groups is 1. The van der Waals surface area contributed by atoms with E-state index in [1.165, 1.54) is 12.1 Å². The van der Waals surface area contributed by atoms with Gasteiger partial charge in [-0.1, -0.05) is 26.0 Å². The molecule has 3 atom stereocenters. The molecular formula is C18H27FN2O2. The number of ether oxygens (including phenoxy) is 1. The number of carbonyl (C=O) groups excluding carboxylic acids is 1. The number of amides is 1. The van der Waals surface area contributed by atoms with E-state index in [9.17, 15) is 9.18 Å². The van der Waals surface area contributed by atoms with E-state index < -0.39 is 0 Å². The summed E-state index contributed by atoms with van der Waals surface area (Å²) in [6.07, 6.45) is 0.150. The molecule has 1 aliphatic heterocycles. The molecule has 1 aromatic rings. The van der Waals surface area contributed by atoms with Crippen LogP contribution in [0.1, 0.15) is 39.3 Å². The molecule has 1 N–H and O–H groups in total. The van der Waals surface area contributed by atoms with Crippen molar-refractivity contribution in [3.8, 4) is 0 Å². The van der Waals surface area contributed by atoms with E-state index in [0.717, 1.165) is 12.1 Å². The molecule has 1 fully saturated rings. The molecule has 4 nitrogen and oxygen atoms in total. The Balaban J connectivity index is 1.99. The lowest BCUT2D eigenvalue weighted by Gasteiger charge is -2.36. The zero-order valence-electron chi connectivity index (χ0n) is 14.4. The number of nitrogens with one attached hydrogen (secondary N) is 1. The molecule has 1 amide bonds. The molecule has 1 heterocycles. The molecule has 128 valence electrons. The number of nitrogens with zero attached hydrogens (tertiary/aromatic N) is 1. The summed E-state index contributed by atoms with van der Waals surface area (Å²) in [5, 5.41) is 3.09. The van der Waals surface area contributed by atoms with Crippen molar-refractivity contribution in [2.45, 2.75) is 45.9 Å². The van der Waals surface area contributed by atoms with Crippen LogP contribution in [0.15, 0.2) is 24.3 Å². The minimum absolute atomic E-state index is 0.00558. The van der Waals surface area contributed by atoms with Crippen molar-refractivity contribution in [2.75, 3.05) is 19.7 Å². The van der Waals surface area contributed by atoms with Crippen molar-refractivity contribution in [3.63, 3.8) is 0 Å². The smallest absolute Gasteiger partial charge is 0.234 e. The first-order chi connectivity index (χ1) is 10.9. The van der Waals surface area contributed by atoms with E-state index in [1.807, 2.05) is 20.8 Å². The molecule has 0 bridgehead atoms. The number of halogens is 1. The standard InChI is InChI=1S/C18H27FN2O2/c1-12(2)18(15-5-7-16(19)8-6-15)20-17(22)10-21-9-14(4)23-11-13(21)3/h5-8,12-14,18H,9-11H2,1-4H3,(H,20,22). The highest BCUT2D eigenvalue weighted by atomic mass is 19.1. The maximum Gasteiger partial charge on any atom is 0.234 e. The molecule has 23 heavy (non-hydrogen) atoms. The Morgan fingerprint density at radius 1 is 1.35 bits per heavy atom. The first kappa shape index (κ1) is 17.9. The topological polar surface area (TPSA) is 41.6 Å². The van der Waals surface area contributed by atoms with Gasteiger partial charge in [0, 0.05) is 12.6 Å². The number of benzene rings is 1. The molecule has 0 spiro atoms. The van der Waals surface area contributed by atoms with Gasteiger partial charge in [0.2, 0.25) is 5.91 Å². The zero-order chi connectivity index (χ0) is 17.0. The van der Waals surface area contributed by atoms with E-state index in [-0.39, 0.29) is 35.8 Å². The quantitative estimate of drug-likeness (QED) is 0.906. The minimum atomic E-state index is -0.265. The van der Waals surface area contributed by atoms with Crippen molar-refractivity contribution in [2.24, 2.45) is 5.92 Å². The van der Waals surface area contributed by atoms with Gasteiger partial charge in [-0.05, 0) is 37.5 Å². The Kier molecular flexibility index (Phi) is 6.13. The number of morpholine rings is 1. The van der Waals surface area contributed by atoms with Crippen LogP contribution in [0.5, 0.6) is 0 Å². The fourth-order valence-corrected chi connectivity index (χ4v) is 2.90. The average molecular weight is 322 g/mol. The first-order valence-corrected chi connectivity index (χ1v) is 8.27. The van der Waals surface area contributed by atoms with Gasteiger partial charge >= 0.3 is 0 Å². The van der Waals surface area contributed by atoms with E-state index in [0.29, 0.717) is 13.2 Å². The fourth-order valence-electron chi connectivity index (χ4n) is 2.90. The highest BCUT2D eigenvalue weighted by Crippen LogP contribution is 2.22. The third-order valence-corrected chi connectivity index (χ3v) is 4.30. The summed E-state index contributed by atoms with van der Waals surface area (Å²) in [6.45, 7) is 9.96. The second-order valence-corrected chi connectivity index (χ2v) is 6.76. The fraction of sp³-hybridized carbons (Fsp3) is 0.611. The lowest BCUT2D eigenvalue weighted by molar-refractivity contribution is -0.127. The Morgan fingerprint density at radius 3 is 2.61 bits per heavy atom. The van der Waals surface area contributed by atoms with Crippen molar-refractivity contribution in [1.29, 1.82) is 0 Å². The van der Waals surface area contributed by atoms with E-state index in [4.69, 9.17) is 4.74 Å². The Bertz CT molecular complexity index is 518. The zero-order valence-corrected chi connectivity index (χ0v) is 14.4. The van der Waals surface area contributed by atoms with Gasteiger partial charge in [-0.3, -0.25) is 9.69 Å². The summed E-state index contributed by atoms with van der Waals surface area (Å²) in [5.74, 6) is -0.0434. The SMILES string of the molecule is CC1CN(CC(=O)NC(c2ccc(F)cc2)C(C)C)C(C)CO1. The summed E-state index contributed by atoms with van der Waals surface area (Å²) < 4.78 is 18.7. The number of hydrogen-bond donors (Lipinski definition) is 1. The molecule has 1 aromatic carbocycles. The van der Waals surface area contributed by atoms with E-state index >= 15 is 0 Å². The maximum atomic E-state index is 13.1. The highest BCUT2D eigenvalue weighted by molar-refractivity contribution is 5.78. The van der Waals surface area contributed by atoms with E-state index in [1.54, 1.807) is 12.1 Å². The Labute approximate surface area is 138 Å². The first-order valence-electron chi connectivity index (χ1n) is 8.27. The third kappa shape index (κ3) is 5.01. The minimum Gasteiger partial charge on any atom is -0.376 e. The Morgan fingerprint density at radius 2 is 2.00 bits per heavy atom. The van der Waals surface area contributed by atoms with Gasteiger partial charge < -0.3 is 10.1 Å². The Hall–Kier alpha value is -1.46. The molecule has 0 aliphatic carbocycles. The van der Waals surface area contributed by atoms with Crippen LogP contribution < -0.4 is 5.32 Å². The van der Waals surface area contributed by atoms with Gasteiger partial charge in [-0.25, -0.2) is 4.39 Å². The molecule has 3 unspecified atom stereocenters. The lowest BCUT2D eigenvalue weighted by Crippen LogP contribution is -2.51. The van der Waals surface area contributed by atoms with Crippen LogP contribution in [0.25, 0.3) is 0 Å². The molecule has 0 aromatic heterocycles. The van der Waals surface area contributed by atoms with Crippen molar-refractivity contribution in [1.82, 2.24) is 10.2 Å². The average Bonchev–Trinajstić information content (AvgIpc) is 2.49. The molecule has 1 saturated heterocycles. The van der Waals surface area contributed by atoms with Crippen LogP contribution in [0.2, 0.25) is 0 Å². The molecule has 5 heteroatoms. The van der Waals surface area contributed by atoms with Crippen LogP contribution in [0.4, 0.5) is 4.39 Å². The van der Waals surface area contributed by atoms with Crippen molar-refractivity contribution >= 4 is 5.91 Å². The summed E-state index contributed by atoms with van der Waals surface area (Å²) in [6, 6.07) is 6.46. The monoisotopic (exact) mass is 322 g/mol. The van der Waals surface area contributed by atoms with Gasteiger partial charge in [-0.15, -0.1) is 0 Å².